The van der Waals surface area contributed by atoms with Crippen molar-refractivity contribution in [3.05, 3.63) is 62.8 Å². The van der Waals surface area contributed by atoms with Crippen LogP contribution in [0.25, 0.3) is 0 Å². The van der Waals surface area contributed by atoms with E-state index in [0.717, 1.165) is 11.3 Å². The number of benzene rings is 1. The molecule has 3 heterocycles. The number of anilines is 1. The molecule has 1 saturated heterocycles. The lowest BCUT2D eigenvalue weighted by atomic mass is 10.1. The monoisotopic (exact) mass is 518 g/mol. The summed E-state index contributed by atoms with van der Waals surface area (Å²) in [6.07, 6.45) is 1.41. The van der Waals surface area contributed by atoms with Gasteiger partial charge in [0.05, 0.1) is 10.5 Å². The van der Waals surface area contributed by atoms with Crippen LogP contribution in [-0.2, 0) is 30.6 Å². The molecule has 4 rings (SSSR count). The Hall–Kier alpha value is -3.98. The van der Waals surface area contributed by atoms with Crippen molar-refractivity contribution in [2.45, 2.75) is 18.0 Å². The summed E-state index contributed by atoms with van der Waals surface area (Å²) in [6, 6.07) is 4.82. The van der Waals surface area contributed by atoms with Crippen LogP contribution >= 0.6 is 23.1 Å². The molecular weight excluding hydrogens is 500 g/mol. The Bertz CT molecular complexity index is 1240. The van der Waals surface area contributed by atoms with Crippen molar-refractivity contribution >= 4 is 57.4 Å². The molecule has 0 radical (unpaired) electrons. The Balaban J connectivity index is 1.35. The van der Waals surface area contributed by atoms with Gasteiger partial charge in [0.2, 0.25) is 0 Å². The number of nitro groups is 1. The average molecular weight is 519 g/mol. The van der Waals surface area contributed by atoms with E-state index in [9.17, 15) is 24.5 Å². The number of nitro benzene ring substituents is 1. The molecule has 1 unspecified atom stereocenters. The highest BCUT2D eigenvalue weighted by Gasteiger charge is 2.50. The first-order chi connectivity index (χ1) is 16.8. The second-order valence-corrected chi connectivity index (χ2v) is 9.24. The highest BCUT2D eigenvalue weighted by Crippen LogP contribution is 2.36. The number of aromatic nitrogens is 1. The van der Waals surface area contributed by atoms with Crippen molar-refractivity contribution in [2.24, 2.45) is 5.16 Å². The van der Waals surface area contributed by atoms with Crippen molar-refractivity contribution in [3.63, 3.8) is 0 Å². The Morgan fingerprint density at radius 1 is 1.37 bits per heavy atom. The third-order valence-electron chi connectivity index (χ3n) is 5.01. The van der Waals surface area contributed by atoms with Gasteiger partial charge in [-0.3, -0.25) is 19.7 Å². The number of nitrogen functional groups attached to an aromatic ring is 1. The number of esters is 1. The van der Waals surface area contributed by atoms with Crippen molar-refractivity contribution < 1.29 is 28.9 Å². The fraction of sp³-hybridized carbons (Fsp3) is 0.250. The molecule has 2 aliphatic rings. The number of hydrogen-bond acceptors (Lipinski definition) is 12. The number of ether oxygens (including phenoxy) is 1. The largest absolute Gasteiger partial charge is 0.457 e. The predicted molar refractivity (Wildman–Crippen MR) is 126 cm³/mol. The van der Waals surface area contributed by atoms with Gasteiger partial charge >= 0.3 is 5.97 Å². The maximum Gasteiger partial charge on any atom is 0.336 e. The molecule has 2 aliphatic heterocycles. The molecule has 0 spiro atoms. The van der Waals surface area contributed by atoms with Crippen LogP contribution in [0.4, 0.5) is 10.8 Å². The minimum atomic E-state index is -0.820. The number of non-ortho nitro benzene ring substituents is 1. The van der Waals surface area contributed by atoms with Crippen molar-refractivity contribution in [1.29, 1.82) is 0 Å². The van der Waals surface area contributed by atoms with Gasteiger partial charge in [-0.1, -0.05) is 5.16 Å². The molecular formula is C20H18N6O7S2. The van der Waals surface area contributed by atoms with Crippen LogP contribution in [0.1, 0.15) is 11.3 Å². The van der Waals surface area contributed by atoms with Gasteiger partial charge in [-0.15, -0.1) is 23.1 Å². The number of fused-ring (bicyclic) bond motifs is 1. The Morgan fingerprint density at radius 2 is 2.11 bits per heavy atom. The third-order valence-corrected chi connectivity index (χ3v) is 7.00. The van der Waals surface area contributed by atoms with Crippen LogP contribution in [-0.4, -0.2) is 62.6 Å². The molecule has 1 aromatic heterocycles. The van der Waals surface area contributed by atoms with E-state index in [1.165, 1.54) is 54.2 Å². The summed E-state index contributed by atoms with van der Waals surface area (Å²) < 4.78 is 5.27. The molecule has 182 valence electrons. The van der Waals surface area contributed by atoms with E-state index in [0.29, 0.717) is 5.56 Å². The van der Waals surface area contributed by atoms with E-state index >= 15 is 0 Å². The first-order valence-electron chi connectivity index (χ1n) is 9.96. The Kier molecular flexibility index (Phi) is 6.97. The van der Waals surface area contributed by atoms with E-state index < -0.39 is 34.1 Å². The molecule has 13 nitrogen and oxygen atoms in total. The molecule has 0 bridgehead atoms. The summed E-state index contributed by atoms with van der Waals surface area (Å²) in [6.45, 7) is -0.0718. The van der Waals surface area contributed by atoms with Gasteiger partial charge in [-0.05, 0) is 17.7 Å². The number of carbonyl (C=O) groups is 3. The number of nitrogens with one attached hydrogen (secondary N) is 1. The fourth-order valence-corrected chi connectivity index (χ4v) is 5.08. The second-order valence-electron chi connectivity index (χ2n) is 7.25. The molecule has 35 heavy (non-hydrogen) atoms. The van der Waals surface area contributed by atoms with Crippen molar-refractivity contribution in [1.82, 2.24) is 15.2 Å². The number of thioether (sulfide) groups is 1. The highest BCUT2D eigenvalue weighted by molar-refractivity contribution is 8.00. The van der Waals surface area contributed by atoms with Gasteiger partial charge < -0.3 is 25.5 Å². The Labute approximate surface area is 206 Å². The maximum absolute atomic E-state index is 12.7. The molecule has 2 amide bonds. The standard InChI is InChI=1S/C20H18N6O7S2/c1-32-24-14(13-9-35-20(21)22-13)16(27)23-15-17(28)25-6-11(8-34-18(15)25)19(29)33-7-10-2-4-12(5-3-10)26(30)31/h2-6,9,15,18H,7-8H2,1H3,(H2,21,22)(H,23,27)/t15?,18-/m1/s1. The lowest BCUT2D eigenvalue weighted by Crippen LogP contribution is -2.69. The number of carbonyl (C=O) groups excluding carboxylic acids is 3. The normalized spacial score (nSPS) is 19.2. The smallest absolute Gasteiger partial charge is 0.336 e. The van der Waals surface area contributed by atoms with Crippen LogP contribution in [0.2, 0.25) is 0 Å². The summed E-state index contributed by atoms with van der Waals surface area (Å²) in [5, 5.41) is 18.5. The molecule has 1 fully saturated rings. The molecule has 0 saturated carbocycles. The summed E-state index contributed by atoms with van der Waals surface area (Å²) in [7, 11) is 1.28. The Morgan fingerprint density at radius 3 is 2.74 bits per heavy atom. The zero-order chi connectivity index (χ0) is 25.1. The minimum absolute atomic E-state index is 0.0632. The zero-order valence-electron chi connectivity index (χ0n) is 18.1. The molecule has 2 atom stereocenters. The van der Waals surface area contributed by atoms with Gasteiger partial charge in [-0.2, -0.15) is 0 Å². The van der Waals surface area contributed by atoms with E-state index in [1.807, 2.05) is 0 Å². The third kappa shape index (κ3) is 5.09. The first kappa shape index (κ1) is 24.2. The number of β-lactam (4-membered cyclic amide) rings is 1. The molecule has 15 heteroatoms. The zero-order valence-corrected chi connectivity index (χ0v) is 19.7. The van der Waals surface area contributed by atoms with Crippen LogP contribution in [0, 0.1) is 10.1 Å². The van der Waals surface area contributed by atoms with Gasteiger partial charge in [-0.25, -0.2) is 9.78 Å². The number of thiazole rings is 1. The van der Waals surface area contributed by atoms with Gasteiger partial charge in [0.15, 0.2) is 10.8 Å². The molecule has 0 aliphatic carbocycles. The van der Waals surface area contributed by atoms with Gasteiger partial charge in [0.25, 0.3) is 17.5 Å². The summed E-state index contributed by atoms with van der Waals surface area (Å²) >= 11 is 2.43. The first-order valence-corrected chi connectivity index (χ1v) is 11.9. The van der Waals surface area contributed by atoms with Crippen LogP contribution in [0.15, 0.2) is 46.6 Å². The van der Waals surface area contributed by atoms with Crippen LogP contribution in [0.5, 0.6) is 0 Å². The van der Waals surface area contributed by atoms with Gasteiger partial charge in [0.1, 0.15) is 30.8 Å². The highest BCUT2D eigenvalue weighted by atomic mass is 32.2. The molecule has 3 N–H and O–H groups in total. The number of nitrogens with zero attached hydrogens (tertiary/aromatic N) is 4. The summed E-state index contributed by atoms with van der Waals surface area (Å²) in [5.74, 6) is -1.38. The van der Waals surface area contributed by atoms with E-state index in [2.05, 4.69) is 15.5 Å². The quantitative estimate of drug-likeness (QED) is 0.168. The van der Waals surface area contributed by atoms with Gasteiger partial charge in [0, 0.05) is 29.5 Å². The molecule has 1 aromatic carbocycles. The van der Waals surface area contributed by atoms with Crippen molar-refractivity contribution in [3.8, 4) is 0 Å². The topological polar surface area (TPSA) is 179 Å². The number of hydrogen-bond donors (Lipinski definition) is 2. The summed E-state index contributed by atoms with van der Waals surface area (Å²) in [5.41, 5.74) is 6.54. The van der Waals surface area contributed by atoms with E-state index in [4.69, 9.17) is 15.3 Å². The second kappa shape index (κ2) is 10.1. The number of amides is 2. The minimum Gasteiger partial charge on any atom is -0.457 e. The maximum atomic E-state index is 12.7. The van der Waals surface area contributed by atoms with Crippen molar-refractivity contribution in [2.75, 3.05) is 18.6 Å². The SMILES string of the molecule is CON=C(C(=O)NC1C(=O)N2C=C(C(=O)OCc3ccc([N+](=O)[O-])cc3)CS[C@H]12)c1csc(N)n1. The number of rotatable bonds is 8. The van der Waals surface area contributed by atoms with E-state index in [1.54, 1.807) is 5.38 Å². The lowest BCUT2D eigenvalue weighted by Gasteiger charge is -2.47. The fourth-order valence-electron chi connectivity index (χ4n) is 3.28. The number of oxime groups is 1. The lowest BCUT2D eigenvalue weighted by molar-refractivity contribution is -0.384. The molecule has 2 aromatic rings. The summed E-state index contributed by atoms with van der Waals surface area (Å²) in [4.78, 5) is 58.1. The van der Waals surface area contributed by atoms with Crippen LogP contribution in [0.3, 0.4) is 0 Å². The number of nitrogens with two attached hydrogens (primary N) is 1. The van der Waals surface area contributed by atoms with E-state index in [-0.39, 0.29) is 40.2 Å². The van der Waals surface area contributed by atoms with Crippen LogP contribution < -0.4 is 11.1 Å². The predicted octanol–water partition coefficient (Wildman–Crippen LogP) is 1.01. The average Bonchev–Trinajstić information content (AvgIpc) is 3.29.